The second-order valence-corrected chi connectivity index (χ2v) is 4.13. The Bertz CT molecular complexity index is 487. The zero-order valence-corrected chi connectivity index (χ0v) is 11.0. The Kier molecular flexibility index (Phi) is 4.86. The smallest absolute Gasteiger partial charge is 0.146 e. The molecule has 1 aromatic heterocycles. The summed E-state index contributed by atoms with van der Waals surface area (Å²) in [5.41, 5.74) is 0. The van der Waals surface area contributed by atoms with Crippen LogP contribution in [0.1, 0.15) is 24.9 Å². The van der Waals surface area contributed by atoms with Gasteiger partial charge in [0, 0.05) is 0 Å². The summed E-state index contributed by atoms with van der Waals surface area (Å²) in [6.07, 6.45) is 0.990. The topological polar surface area (TPSA) is 51.8 Å². The maximum absolute atomic E-state index is 8.89. The molecule has 4 nitrogen and oxygen atoms in total. The Labute approximate surface area is 112 Å². The molecule has 0 radical (unpaired) electrons. The van der Waals surface area contributed by atoms with Crippen LogP contribution in [0.3, 0.4) is 0 Å². The second kappa shape index (κ2) is 6.85. The van der Waals surface area contributed by atoms with Gasteiger partial charge in [0.2, 0.25) is 0 Å². The van der Waals surface area contributed by atoms with E-state index in [1.165, 1.54) is 0 Å². The van der Waals surface area contributed by atoms with Crippen molar-refractivity contribution in [3.63, 3.8) is 0 Å². The molecule has 0 unspecified atom stereocenters. The number of aliphatic hydroxyl groups is 1. The van der Waals surface area contributed by atoms with Crippen LogP contribution < -0.4 is 9.47 Å². The van der Waals surface area contributed by atoms with Crippen LogP contribution in [0.5, 0.6) is 11.5 Å². The lowest BCUT2D eigenvalue weighted by Gasteiger charge is -2.07. The average Bonchev–Trinajstić information content (AvgIpc) is 2.92. The van der Waals surface area contributed by atoms with Crippen LogP contribution in [-0.4, -0.2) is 11.7 Å². The van der Waals surface area contributed by atoms with E-state index in [2.05, 4.69) is 6.92 Å². The minimum absolute atomic E-state index is 0.0938. The lowest BCUT2D eigenvalue weighted by Crippen LogP contribution is -1.96. The molecule has 1 heterocycles. The standard InChI is InChI=1S/C15H18O4/c1-2-9-17-12-3-5-13(6-4-12)18-11-15-8-7-14(10-16)19-15/h3-8,16H,2,9-11H2,1H3. The van der Waals surface area contributed by atoms with Gasteiger partial charge in [-0.25, -0.2) is 0 Å². The second-order valence-electron chi connectivity index (χ2n) is 4.13. The van der Waals surface area contributed by atoms with E-state index in [0.29, 0.717) is 18.1 Å². The first-order chi connectivity index (χ1) is 9.31. The van der Waals surface area contributed by atoms with E-state index in [9.17, 15) is 0 Å². The fourth-order valence-electron chi connectivity index (χ4n) is 1.59. The highest BCUT2D eigenvalue weighted by Crippen LogP contribution is 2.19. The number of furan rings is 1. The first-order valence-corrected chi connectivity index (χ1v) is 6.36. The Morgan fingerprint density at radius 3 is 2.16 bits per heavy atom. The number of benzene rings is 1. The molecule has 0 amide bonds. The van der Waals surface area contributed by atoms with Crippen molar-refractivity contribution in [1.82, 2.24) is 0 Å². The van der Waals surface area contributed by atoms with Gasteiger partial charge in [-0.3, -0.25) is 0 Å². The number of hydrogen-bond acceptors (Lipinski definition) is 4. The van der Waals surface area contributed by atoms with Crippen LogP contribution in [0.25, 0.3) is 0 Å². The third-order valence-electron chi connectivity index (χ3n) is 2.55. The van der Waals surface area contributed by atoms with Gasteiger partial charge in [-0.1, -0.05) is 6.92 Å². The Balaban J connectivity index is 1.85. The maximum Gasteiger partial charge on any atom is 0.146 e. The molecule has 102 valence electrons. The lowest BCUT2D eigenvalue weighted by molar-refractivity contribution is 0.224. The summed E-state index contributed by atoms with van der Waals surface area (Å²) in [5, 5.41) is 8.89. The molecular formula is C15H18O4. The molecule has 0 atom stereocenters. The SMILES string of the molecule is CCCOc1ccc(OCc2ccc(CO)o2)cc1. The van der Waals surface area contributed by atoms with Crippen molar-refractivity contribution in [3.05, 3.63) is 47.9 Å². The summed E-state index contributed by atoms with van der Waals surface area (Å²) in [4.78, 5) is 0. The van der Waals surface area contributed by atoms with Gasteiger partial charge in [0.1, 0.15) is 36.2 Å². The van der Waals surface area contributed by atoms with Gasteiger partial charge in [0.05, 0.1) is 6.61 Å². The quantitative estimate of drug-likeness (QED) is 0.832. The number of ether oxygens (including phenoxy) is 2. The molecule has 19 heavy (non-hydrogen) atoms. The molecule has 0 aliphatic heterocycles. The molecule has 0 saturated heterocycles. The van der Waals surface area contributed by atoms with Crippen LogP contribution in [0.15, 0.2) is 40.8 Å². The molecule has 0 aliphatic carbocycles. The van der Waals surface area contributed by atoms with Gasteiger partial charge in [0.15, 0.2) is 0 Å². The van der Waals surface area contributed by atoms with Crippen molar-refractivity contribution in [2.75, 3.05) is 6.61 Å². The lowest BCUT2D eigenvalue weighted by atomic mass is 10.3. The highest BCUT2D eigenvalue weighted by molar-refractivity contribution is 5.31. The molecule has 0 spiro atoms. The first kappa shape index (κ1) is 13.5. The van der Waals surface area contributed by atoms with Gasteiger partial charge >= 0.3 is 0 Å². The van der Waals surface area contributed by atoms with Gasteiger partial charge in [-0.2, -0.15) is 0 Å². The van der Waals surface area contributed by atoms with E-state index < -0.39 is 0 Å². The number of hydrogen-bond donors (Lipinski definition) is 1. The third-order valence-corrected chi connectivity index (χ3v) is 2.55. The largest absolute Gasteiger partial charge is 0.494 e. The van der Waals surface area contributed by atoms with Crippen molar-refractivity contribution in [3.8, 4) is 11.5 Å². The minimum Gasteiger partial charge on any atom is -0.494 e. The molecular weight excluding hydrogens is 244 g/mol. The van der Waals surface area contributed by atoms with E-state index in [1.807, 2.05) is 24.3 Å². The molecule has 0 saturated carbocycles. The van der Waals surface area contributed by atoms with Crippen molar-refractivity contribution in [1.29, 1.82) is 0 Å². The van der Waals surface area contributed by atoms with Crippen LogP contribution in [-0.2, 0) is 13.2 Å². The normalized spacial score (nSPS) is 10.4. The van der Waals surface area contributed by atoms with Gasteiger partial charge in [-0.05, 0) is 42.8 Å². The highest BCUT2D eigenvalue weighted by Gasteiger charge is 2.02. The predicted molar refractivity (Wildman–Crippen MR) is 71.2 cm³/mol. The minimum atomic E-state index is -0.0938. The van der Waals surface area contributed by atoms with Crippen LogP contribution in [0, 0.1) is 0 Å². The Morgan fingerprint density at radius 2 is 1.58 bits per heavy atom. The molecule has 0 fully saturated rings. The summed E-state index contributed by atoms with van der Waals surface area (Å²) in [5.74, 6) is 2.83. The van der Waals surface area contributed by atoms with Crippen molar-refractivity contribution >= 4 is 0 Å². The van der Waals surface area contributed by atoms with Gasteiger partial charge in [-0.15, -0.1) is 0 Å². The zero-order chi connectivity index (χ0) is 13.5. The summed E-state index contributed by atoms with van der Waals surface area (Å²) < 4.78 is 16.4. The van der Waals surface area contributed by atoms with Crippen LogP contribution in [0.2, 0.25) is 0 Å². The van der Waals surface area contributed by atoms with E-state index in [0.717, 1.165) is 24.5 Å². The van der Waals surface area contributed by atoms with Gasteiger partial charge < -0.3 is 19.0 Å². The van der Waals surface area contributed by atoms with Crippen LogP contribution in [0.4, 0.5) is 0 Å². The van der Waals surface area contributed by atoms with E-state index in [-0.39, 0.29) is 6.61 Å². The summed E-state index contributed by atoms with van der Waals surface area (Å²) >= 11 is 0. The summed E-state index contributed by atoms with van der Waals surface area (Å²) in [6, 6.07) is 11.0. The van der Waals surface area contributed by atoms with Crippen molar-refractivity contribution in [2.24, 2.45) is 0 Å². The zero-order valence-electron chi connectivity index (χ0n) is 11.0. The molecule has 0 bridgehead atoms. The van der Waals surface area contributed by atoms with Crippen molar-refractivity contribution in [2.45, 2.75) is 26.6 Å². The Morgan fingerprint density at radius 1 is 0.947 bits per heavy atom. The molecule has 0 aliphatic rings. The predicted octanol–water partition coefficient (Wildman–Crippen LogP) is 3.14. The van der Waals surface area contributed by atoms with E-state index in [1.54, 1.807) is 12.1 Å². The fraction of sp³-hybridized carbons (Fsp3) is 0.333. The first-order valence-electron chi connectivity index (χ1n) is 6.36. The third kappa shape index (κ3) is 4.03. The summed E-state index contributed by atoms with van der Waals surface area (Å²) in [7, 11) is 0. The van der Waals surface area contributed by atoms with Crippen LogP contribution >= 0.6 is 0 Å². The summed E-state index contributed by atoms with van der Waals surface area (Å²) in [6.45, 7) is 3.04. The average molecular weight is 262 g/mol. The fourth-order valence-corrected chi connectivity index (χ4v) is 1.59. The number of rotatable bonds is 7. The molecule has 1 aromatic carbocycles. The monoisotopic (exact) mass is 262 g/mol. The van der Waals surface area contributed by atoms with Crippen molar-refractivity contribution < 1.29 is 19.0 Å². The number of aliphatic hydroxyl groups excluding tert-OH is 1. The maximum atomic E-state index is 8.89. The Hall–Kier alpha value is -1.94. The molecule has 1 N–H and O–H groups in total. The highest BCUT2D eigenvalue weighted by atomic mass is 16.5. The van der Waals surface area contributed by atoms with E-state index in [4.69, 9.17) is 19.0 Å². The molecule has 2 rings (SSSR count). The molecule has 4 heteroatoms. The molecule has 2 aromatic rings. The van der Waals surface area contributed by atoms with Gasteiger partial charge in [0.25, 0.3) is 0 Å². The van der Waals surface area contributed by atoms with E-state index >= 15 is 0 Å².